The van der Waals surface area contributed by atoms with E-state index in [4.69, 9.17) is 5.10 Å². The maximum absolute atomic E-state index is 4.73. The predicted molar refractivity (Wildman–Crippen MR) is 95.6 cm³/mol. The number of rotatable bonds is 3. The summed E-state index contributed by atoms with van der Waals surface area (Å²) in [6, 6.07) is 20.0. The molecule has 0 fully saturated rings. The fraction of sp³-hybridized carbons (Fsp3) is 0.111. The summed E-state index contributed by atoms with van der Waals surface area (Å²) < 4.78 is 0. The quantitative estimate of drug-likeness (QED) is 0.779. The van der Waals surface area contributed by atoms with E-state index >= 15 is 0 Å². The first-order chi connectivity index (χ1) is 11.7. The monoisotopic (exact) mass is 318 g/mol. The van der Waals surface area contributed by atoms with Crippen LogP contribution in [0.3, 0.4) is 0 Å². The summed E-state index contributed by atoms with van der Waals surface area (Å²) in [7, 11) is 0. The molecule has 2 aromatic carbocycles. The molecule has 0 aliphatic carbocycles. The third kappa shape index (κ3) is 2.48. The molecule has 2 heterocycles. The second kappa shape index (κ2) is 5.73. The second-order valence-corrected chi connectivity index (χ2v) is 5.63. The van der Waals surface area contributed by atoms with E-state index in [1.807, 2.05) is 79.6 Å². The van der Waals surface area contributed by atoms with Crippen molar-refractivity contribution in [1.82, 2.24) is 15.4 Å². The van der Waals surface area contributed by atoms with E-state index in [-0.39, 0.29) is 0 Å². The number of aromatic amines is 1. The van der Waals surface area contributed by atoms with E-state index in [0.29, 0.717) is 5.95 Å². The van der Waals surface area contributed by atoms with Gasteiger partial charge in [-0.25, -0.2) is 4.98 Å². The standard InChI is InChI=1S/C18H18N6/c1-13-14(2)20-18(19-13)24-22-17(15-9-5-3-6-10-15)21-23(24)16-11-7-4-8-12-16/h3-12H,1-2H3,(H,19,20)(H,21,22). The lowest BCUT2D eigenvalue weighted by atomic mass is 10.2. The highest BCUT2D eigenvalue weighted by Crippen LogP contribution is 2.24. The number of benzene rings is 2. The van der Waals surface area contributed by atoms with Crippen molar-refractivity contribution in [2.75, 3.05) is 10.2 Å². The summed E-state index contributed by atoms with van der Waals surface area (Å²) in [5.41, 5.74) is 7.29. The third-order valence-electron chi connectivity index (χ3n) is 3.95. The largest absolute Gasteiger partial charge is 0.325 e. The SMILES string of the molecule is Cc1nc(N2NC(c3ccccc3)=NN2c2ccccc2)[nH]c1C. The van der Waals surface area contributed by atoms with Gasteiger partial charge < -0.3 is 4.98 Å². The molecule has 0 amide bonds. The van der Waals surface area contributed by atoms with Gasteiger partial charge in [-0.05, 0) is 26.0 Å². The lowest BCUT2D eigenvalue weighted by Crippen LogP contribution is -2.45. The molecule has 24 heavy (non-hydrogen) atoms. The van der Waals surface area contributed by atoms with Crippen molar-refractivity contribution in [3.8, 4) is 0 Å². The lowest BCUT2D eigenvalue weighted by Gasteiger charge is -2.25. The van der Waals surface area contributed by atoms with Crippen molar-refractivity contribution < 1.29 is 0 Å². The van der Waals surface area contributed by atoms with Gasteiger partial charge in [-0.2, -0.15) is 0 Å². The van der Waals surface area contributed by atoms with Crippen LogP contribution in [0.4, 0.5) is 11.6 Å². The Kier molecular flexibility index (Phi) is 3.42. The average Bonchev–Trinajstić information content (AvgIpc) is 3.21. The number of amidine groups is 1. The molecule has 0 atom stereocenters. The van der Waals surface area contributed by atoms with Crippen LogP contribution in [-0.4, -0.2) is 15.8 Å². The Balaban J connectivity index is 1.76. The number of hydrogen-bond donors (Lipinski definition) is 2. The number of aryl methyl sites for hydroxylation is 2. The Morgan fingerprint density at radius 3 is 2.17 bits per heavy atom. The number of nitrogens with one attached hydrogen (secondary N) is 2. The van der Waals surface area contributed by atoms with Gasteiger partial charge in [0.15, 0.2) is 5.84 Å². The van der Waals surface area contributed by atoms with E-state index < -0.39 is 0 Å². The molecule has 0 spiro atoms. The number of H-pyrrole nitrogens is 1. The number of hydrazone groups is 1. The van der Waals surface area contributed by atoms with Crippen LogP contribution in [-0.2, 0) is 0 Å². The fourth-order valence-corrected chi connectivity index (χ4v) is 2.53. The van der Waals surface area contributed by atoms with Crippen LogP contribution >= 0.6 is 0 Å². The molecule has 3 aromatic rings. The van der Waals surface area contributed by atoms with Gasteiger partial charge in [0.05, 0.1) is 11.4 Å². The number of anilines is 2. The highest BCUT2D eigenvalue weighted by atomic mass is 16.0. The number of imidazole rings is 1. The van der Waals surface area contributed by atoms with Crippen LogP contribution in [0.15, 0.2) is 65.8 Å². The smallest absolute Gasteiger partial charge is 0.244 e. The van der Waals surface area contributed by atoms with Gasteiger partial charge in [0, 0.05) is 11.3 Å². The van der Waals surface area contributed by atoms with E-state index in [9.17, 15) is 0 Å². The molecule has 120 valence electrons. The first-order valence-electron chi connectivity index (χ1n) is 7.81. The molecular formula is C18H18N6. The zero-order valence-electron chi connectivity index (χ0n) is 13.6. The van der Waals surface area contributed by atoms with Crippen molar-refractivity contribution in [1.29, 1.82) is 0 Å². The molecule has 0 saturated carbocycles. The number of aromatic nitrogens is 2. The van der Waals surface area contributed by atoms with Crippen LogP contribution in [0.25, 0.3) is 0 Å². The maximum atomic E-state index is 4.73. The van der Waals surface area contributed by atoms with Crippen LogP contribution in [0.5, 0.6) is 0 Å². The molecule has 6 heteroatoms. The zero-order chi connectivity index (χ0) is 16.5. The van der Waals surface area contributed by atoms with Crippen molar-refractivity contribution in [2.24, 2.45) is 5.10 Å². The Morgan fingerprint density at radius 2 is 1.54 bits per heavy atom. The summed E-state index contributed by atoms with van der Waals surface area (Å²) in [5.74, 6) is 1.47. The summed E-state index contributed by atoms with van der Waals surface area (Å²) >= 11 is 0. The van der Waals surface area contributed by atoms with Gasteiger partial charge in [-0.1, -0.05) is 48.5 Å². The van der Waals surface area contributed by atoms with Gasteiger partial charge in [0.2, 0.25) is 5.95 Å². The topological polar surface area (TPSA) is 59.6 Å². The molecule has 0 saturated heterocycles. The summed E-state index contributed by atoms with van der Waals surface area (Å²) in [6.45, 7) is 3.99. The van der Waals surface area contributed by atoms with Gasteiger partial charge in [-0.3, -0.25) is 5.43 Å². The molecule has 6 nitrogen and oxygen atoms in total. The van der Waals surface area contributed by atoms with Crippen LogP contribution in [0, 0.1) is 13.8 Å². The number of hydrazine groups is 2. The molecule has 1 aromatic heterocycles. The minimum atomic E-state index is 0.698. The summed E-state index contributed by atoms with van der Waals surface area (Å²) in [4.78, 5) is 7.88. The molecule has 0 radical (unpaired) electrons. The van der Waals surface area contributed by atoms with Crippen molar-refractivity contribution in [2.45, 2.75) is 13.8 Å². The van der Waals surface area contributed by atoms with E-state index in [1.54, 1.807) is 5.12 Å². The second-order valence-electron chi connectivity index (χ2n) is 5.63. The molecule has 0 unspecified atom stereocenters. The Labute approximate surface area is 140 Å². The molecule has 0 bridgehead atoms. The van der Waals surface area contributed by atoms with Crippen molar-refractivity contribution in [3.05, 3.63) is 77.6 Å². The first-order valence-corrected chi connectivity index (χ1v) is 7.81. The molecule has 4 rings (SSSR count). The Morgan fingerprint density at radius 1 is 0.875 bits per heavy atom. The van der Waals surface area contributed by atoms with Crippen LogP contribution < -0.4 is 15.7 Å². The van der Waals surface area contributed by atoms with Gasteiger partial charge in [-0.15, -0.1) is 15.3 Å². The number of nitrogens with zero attached hydrogens (tertiary/aromatic N) is 4. The van der Waals surface area contributed by atoms with Gasteiger partial charge in [0.25, 0.3) is 0 Å². The van der Waals surface area contributed by atoms with E-state index in [1.165, 1.54) is 0 Å². The molecule has 2 N–H and O–H groups in total. The maximum Gasteiger partial charge on any atom is 0.244 e. The molecule has 1 aliphatic heterocycles. The van der Waals surface area contributed by atoms with Gasteiger partial charge in [0.1, 0.15) is 0 Å². The highest BCUT2D eigenvalue weighted by Gasteiger charge is 2.28. The van der Waals surface area contributed by atoms with E-state index in [2.05, 4.69) is 15.4 Å². The highest BCUT2D eigenvalue weighted by molar-refractivity contribution is 6.01. The summed E-state index contributed by atoms with van der Waals surface area (Å²) in [6.07, 6.45) is 0. The van der Waals surface area contributed by atoms with E-state index in [0.717, 1.165) is 28.5 Å². The summed E-state index contributed by atoms with van der Waals surface area (Å²) in [5, 5.41) is 8.35. The normalized spacial score (nSPS) is 13.8. The minimum absolute atomic E-state index is 0.698. The van der Waals surface area contributed by atoms with Crippen molar-refractivity contribution >= 4 is 17.5 Å². The Hall–Kier alpha value is -3.28. The predicted octanol–water partition coefficient (Wildman–Crippen LogP) is 3.13. The fourth-order valence-electron chi connectivity index (χ4n) is 2.53. The molecular weight excluding hydrogens is 300 g/mol. The first kappa shape index (κ1) is 14.3. The number of para-hydroxylation sites is 1. The third-order valence-corrected chi connectivity index (χ3v) is 3.95. The Bertz CT molecular complexity index is 850. The van der Waals surface area contributed by atoms with Gasteiger partial charge >= 0.3 is 0 Å². The number of hydrogen-bond acceptors (Lipinski definition) is 5. The lowest BCUT2D eigenvalue weighted by molar-refractivity contribution is 0.743. The van der Waals surface area contributed by atoms with Crippen molar-refractivity contribution in [3.63, 3.8) is 0 Å². The zero-order valence-corrected chi connectivity index (χ0v) is 13.6. The van der Waals surface area contributed by atoms with Crippen LogP contribution in [0.2, 0.25) is 0 Å². The molecule has 1 aliphatic rings. The minimum Gasteiger partial charge on any atom is -0.325 e. The average molecular weight is 318 g/mol. The van der Waals surface area contributed by atoms with Crippen LogP contribution in [0.1, 0.15) is 17.0 Å².